The van der Waals surface area contributed by atoms with Crippen molar-refractivity contribution in [2.24, 2.45) is 5.73 Å². The SMILES string of the molecule is NCCNc1ncc(Cc2ccc(C(F)(F)F)cc2)cn1. The third-order valence-corrected chi connectivity index (χ3v) is 2.82. The van der Waals surface area contributed by atoms with E-state index in [4.69, 9.17) is 5.73 Å². The van der Waals surface area contributed by atoms with Gasteiger partial charge in [-0.25, -0.2) is 9.97 Å². The molecule has 0 radical (unpaired) electrons. The smallest absolute Gasteiger partial charge is 0.353 e. The van der Waals surface area contributed by atoms with E-state index in [1.54, 1.807) is 12.4 Å². The highest BCUT2D eigenvalue weighted by Gasteiger charge is 2.29. The van der Waals surface area contributed by atoms with Gasteiger partial charge in [-0.3, -0.25) is 0 Å². The summed E-state index contributed by atoms with van der Waals surface area (Å²) in [5.41, 5.74) is 6.30. The Labute approximate surface area is 120 Å². The van der Waals surface area contributed by atoms with E-state index >= 15 is 0 Å². The van der Waals surface area contributed by atoms with Gasteiger partial charge in [0.05, 0.1) is 5.56 Å². The fraction of sp³-hybridized carbons (Fsp3) is 0.286. The lowest BCUT2D eigenvalue weighted by atomic mass is 10.1. The minimum Gasteiger partial charge on any atom is -0.353 e. The van der Waals surface area contributed by atoms with Gasteiger partial charge >= 0.3 is 6.18 Å². The monoisotopic (exact) mass is 296 g/mol. The van der Waals surface area contributed by atoms with E-state index in [0.717, 1.165) is 23.3 Å². The van der Waals surface area contributed by atoms with Crippen molar-refractivity contribution in [3.05, 3.63) is 53.3 Å². The predicted octanol–water partition coefficient (Wildman–Crippen LogP) is 2.46. The number of halogens is 3. The highest BCUT2D eigenvalue weighted by atomic mass is 19.4. The molecule has 21 heavy (non-hydrogen) atoms. The molecular formula is C14H15F3N4. The van der Waals surface area contributed by atoms with Crippen LogP contribution in [0.15, 0.2) is 36.7 Å². The van der Waals surface area contributed by atoms with Gasteiger partial charge in [0, 0.05) is 31.9 Å². The van der Waals surface area contributed by atoms with Crippen LogP contribution in [0.5, 0.6) is 0 Å². The van der Waals surface area contributed by atoms with Crippen molar-refractivity contribution in [3.8, 4) is 0 Å². The summed E-state index contributed by atoms with van der Waals surface area (Å²) in [6.45, 7) is 1.06. The van der Waals surface area contributed by atoms with E-state index in [0.29, 0.717) is 25.5 Å². The Balaban J connectivity index is 2.01. The maximum absolute atomic E-state index is 12.5. The van der Waals surface area contributed by atoms with Crippen molar-refractivity contribution in [2.45, 2.75) is 12.6 Å². The second-order valence-corrected chi connectivity index (χ2v) is 4.50. The molecule has 0 atom stereocenters. The second kappa shape index (κ2) is 6.53. The first-order valence-corrected chi connectivity index (χ1v) is 6.40. The number of alkyl halides is 3. The fourth-order valence-electron chi connectivity index (χ4n) is 1.77. The van der Waals surface area contributed by atoms with Gasteiger partial charge in [0.15, 0.2) is 0 Å². The van der Waals surface area contributed by atoms with Crippen LogP contribution < -0.4 is 11.1 Å². The number of aromatic nitrogens is 2. The van der Waals surface area contributed by atoms with Crippen molar-refractivity contribution >= 4 is 5.95 Å². The Bertz CT molecular complexity index is 564. The minimum absolute atomic E-state index is 0.481. The molecule has 0 aliphatic carbocycles. The molecular weight excluding hydrogens is 281 g/mol. The highest BCUT2D eigenvalue weighted by molar-refractivity contribution is 5.30. The molecule has 1 aromatic heterocycles. The molecule has 0 aliphatic heterocycles. The molecule has 0 unspecified atom stereocenters. The van der Waals surface area contributed by atoms with Crippen LogP contribution in [0.4, 0.5) is 19.1 Å². The Morgan fingerprint density at radius 1 is 1.00 bits per heavy atom. The normalized spacial score (nSPS) is 11.4. The van der Waals surface area contributed by atoms with Gasteiger partial charge in [0.2, 0.25) is 5.95 Å². The molecule has 0 fully saturated rings. The third-order valence-electron chi connectivity index (χ3n) is 2.82. The highest BCUT2D eigenvalue weighted by Crippen LogP contribution is 2.29. The molecule has 0 saturated carbocycles. The number of hydrogen-bond donors (Lipinski definition) is 2. The molecule has 0 bridgehead atoms. The van der Waals surface area contributed by atoms with Gasteiger partial charge in [-0.1, -0.05) is 12.1 Å². The molecule has 1 aromatic carbocycles. The molecule has 1 heterocycles. The van der Waals surface area contributed by atoms with Crippen LogP contribution in [-0.2, 0) is 12.6 Å². The van der Waals surface area contributed by atoms with E-state index in [1.807, 2.05) is 0 Å². The van der Waals surface area contributed by atoms with Crippen molar-refractivity contribution < 1.29 is 13.2 Å². The van der Waals surface area contributed by atoms with Gasteiger partial charge in [0.25, 0.3) is 0 Å². The van der Waals surface area contributed by atoms with E-state index < -0.39 is 11.7 Å². The number of nitrogens with two attached hydrogens (primary N) is 1. The molecule has 2 aromatic rings. The lowest BCUT2D eigenvalue weighted by Crippen LogP contribution is -2.14. The van der Waals surface area contributed by atoms with Crippen LogP contribution in [-0.4, -0.2) is 23.1 Å². The molecule has 0 aliphatic rings. The first-order valence-electron chi connectivity index (χ1n) is 6.40. The Hall–Kier alpha value is -2.15. The van der Waals surface area contributed by atoms with Gasteiger partial charge in [-0.05, 0) is 23.3 Å². The first-order chi connectivity index (χ1) is 9.99. The first kappa shape index (κ1) is 15.2. The summed E-state index contributed by atoms with van der Waals surface area (Å²) in [7, 11) is 0. The van der Waals surface area contributed by atoms with Crippen molar-refractivity contribution in [1.82, 2.24) is 9.97 Å². The van der Waals surface area contributed by atoms with Gasteiger partial charge in [-0.15, -0.1) is 0 Å². The van der Waals surface area contributed by atoms with Crippen LogP contribution in [0, 0.1) is 0 Å². The zero-order valence-corrected chi connectivity index (χ0v) is 11.2. The molecule has 0 amide bonds. The van der Waals surface area contributed by atoms with Gasteiger partial charge in [-0.2, -0.15) is 13.2 Å². The number of anilines is 1. The maximum Gasteiger partial charge on any atom is 0.416 e. The molecule has 2 rings (SSSR count). The molecule has 112 valence electrons. The fourth-order valence-corrected chi connectivity index (χ4v) is 1.77. The number of rotatable bonds is 5. The Kier molecular flexibility index (Phi) is 4.74. The van der Waals surface area contributed by atoms with Crippen molar-refractivity contribution in [3.63, 3.8) is 0 Å². The van der Waals surface area contributed by atoms with Crippen molar-refractivity contribution in [2.75, 3.05) is 18.4 Å². The number of nitrogens with zero attached hydrogens (tertiary/aromatic N) is 2. The standard InChI is InChI=1S/C14H15F3N4/c15-14(16,17)12-3-1-10(2-4-12)7-11-8-20-13(21-9-11)19-6-5-18/h1-4,8-9H,5-7,18H2,(H,19,20,21). The number of nitrogens with one attached hydrogen (secondary N) is 1. The minimum atomic E-state index is -4.31. The largest absolute Gasteiger partial charge is 0.416 e. The molecule has 0 spiro atoms. The van der Waals surface area contributed by atoms with Crippen LogP contribution >= 0.6 is 0 Å². The van der Waals surface area contributed by atoms with E-state index in [-0.39, 0.29) is 0 Å². The van der Waals surface area contributed by atoms with Crippen LogP contribution in [0.25, 0.3) is 0 Å². The lowest BCUT2D eigenvalue weighted by molar-refractivity contribution is -0.137. The van der Waals surface area contributed by atoms with E-state index in [1.165, 1.54) is 12.1 Å². The number of benzene rings is 1. The van der Waals surface area contributed by atoms with Crippen LogP contribution in [0.3, 0.4) is 0 Å². The van der Waals surface area contributed by atoms with Gasteiger partial charge < -0.3 is 11.1 Å². The zero-order valence-electron chi connectivity index (χ0n) is 11.2. The molecule has 7 heteroatoms. The van der Waals surface area contributed by atoms with E-state index in [9.17, 15) is 13.2 Å². The third kappa shape index (κ3) is 4.42. The van der Waals surface area contributed by atoms with Crippen molar-refractivity contribution in [1.29, 1.82) is 0 Å². The Morgan fingerprint density at radius 2 is 1.62 bits per heavy atom. The lowest BCUT2D eigenvalue weighted by Gasteiger charge is -2.08. The van der Waals surface area contributed by atoms with Crippen LogP contribution in [0.1, 0.15) is 16.7 Å². The van der Waals surface area contributed by atoms with E-state index in [2.05, 4.69) is 15.3 Å². The summed E-state index contributed by atoms with van der Waals surface area (Å²) in [4.78, 5) is 8.22. The second-order valence-electron chi connectivity index (χ2n) is 4.50. The average Bonchev–Trinajstić information content (AvgIpc) is 2.46. The quantitative estimate of drug-likeness (QED) is 0.889. The Morgan fingerprint density at radius 3 is 2.14 bits per heavy atom. The molecule has 0 saturated heterocycles. The van der Waals surface area contributed by atoms with Gasteiger partial charge in [0.1, 0.15) is 0 Å². The average molecular weight is 296 g/mol. The summed E-state index contributed by atoms with van der Waals surface area (Å²) in [6, 6.07) is 5.08. The molecule has 3 N–H and O–H groups in total. The maximum atomic E-state index is 12.5. The zero-order chi connectivity index (χ0) is 15.3. The van der Waals surface area contributed by atoms with Crippen LogP contribution in [0.2, 0.25) is 0 Å². The summed E-state index contributed by atoms with van der Waals surface area (Å²) < 4.78 is 37.4. The summed E-state index contributed by atoms with van der Waals surface area (Å²) in [5, 5.41) is 2.94. The topological polar surface area (TPSA) is 63.8 Å². The predicted molar refractivity (Wildman–Crippen MR) is 73.8 cm³/mol. The summed E-state index contributed by atoms with van der Waals surface area (Å²) >= 11 is 0. The molecule has 4 nitrogen and oxygen atoms in total. The summed E-state index contributed by atoms with van der Waals surface area (Å²) in [6.07, 6.45) is -0.541. The summed E-state index contributed by atoms with van der Waals surface area (Å²) in [5.74, 6) is 0.483. The number of hydrogen-bond acceptors (Lipinski definition) is 4.